The van der Waals surface area contributed by atoms with Gasteiger partial charge in [0.1, 0.15) is 30.3 Å². The van der Waals surface area contributed by atoms with E-state index >= 15 is 0 Å². The number of rotatable bonds is 3. The minimum absolute atomic E-state index is 0.309. The Morgan fingerprint density at radius 1 is 1.36 bits per heavy atom. The number of anilines is 1. The molecular weight excluding hydrogens is 328 g/mol. The summed E-state index contributed by atoms with van der Waals surface area (Å²) >= 11 is 0. The minimum atomic E-state index is -1.32. The van der Waals surface area contributed by atoms with Crippen LogP contribution in [-0.2, 0) is 10.5 Å². The highest BCUT2D eigenvalue weighted by Gasteiger charge is 2.53. The van der Waals surface area contributed by atoms with Gasteiger partial charge in [0.15, 0.2) is 17.4 Å². The lowest BCUT2D eigenvalue weighted by Gasteiger charge is -2.30. The molecule has 0 bridgehead atoms. The van der Waals surface area contributed by atoms with Crippen LogP contribution in [0.3, 0.4) is 0 Å². The van der Waals surface area contributed by atoms with E-state index in [2.05, 4.69) is 15.1 Å². The van der Waals surface area contributed by atoms with E-state index in [0.29, 0.717) is 34.8 Å². The van der Waals surface area contributed by atoms with Crippen molar-refractivity contribution in [2.75, 3.05) is 18.2 Å². The Morgan fingerprint density at radius 2 is 2.12 bits per heavy atom. The zero-order valence-corrected chi connectivity index (χ0v) is 13.9. The number of aromatic nitrogens is 3. The Kier molecular flexibility index (Phi) is 3.48. The third kappa shape index (κ3) is 2.02. The maximum atomic E-state index is 10.5. The van der Waals surface area contributed by atoms with Crippen molar-refractivity contribution in [3.63, 3.8) is 0 Å². The predicted molar refractivity (Wildman–Crippen MR) is 88.9 cm³/mol. The molecule has 0 aliphatic carbocycles. The molecule has 4 rings (SSSR count). The van der Waals surface area contributed by atoms with Crippen LogP contribution in [0.2, 0.25) is 0 Å². The van der Waals surface area contributed by atoms with Crippen LogP contribution in [0, 0.1) is 0 Å². The van der Waals surface area contributed by atoms with Gasteiger partial charge in [-0.2, -0.15) is 5.10 Å². The Balaban J connectivity index is 1.94. The maximum absolute atomic E-state index is 10.5. The van der Waals surface area contributed by atoms with Crippen LogP contribution >= 0.6 is 0 Å². The fraction of sp³-hybridized carbons (Fsp3) is 0.533. The molecule has 25 heavy (non-hydrogen) atoms. The smallest absolute Gasteiger partial charge is 0.172 e. The van der Waals surface area contributed by atoms with Crippen LogP contribution in [0.15, 0.2) is 17.6 Å². The van der Waals surface area contributed by atoms with Crippen LogP contribution < -0.4 is 10.7 Å². The van der Waals surface area contributed by atoms with Crippen LogP contribution in [0.25, 0.3) is 11.0 Å². The molecular formula is C15H20N6O4. The van der Waals surface area contributed by atoms with E-state index in [9.17, 15) is 15.3 Å². The molecule has 5 N–H and O–H groups in total. The molecule has 2 aromatic rings. The molecule has 134 valence electrons. The lowest BCUT2D eigenvalue weighted by molar-refractivity contribution is -0.132. The molecule has 0 aromatic carbocycles. The van der Waals surface area contributed by atoms with Crippen LogP contribution in [0.5, 0.6) is 0 Å². The summed E-state index contributed by atoms with van der Waals surface area (Å²) < 4.78 is 7.40. The van der Waals surface area contributed by atoms with E-state index in [1.54, 1.807) is 22.7 Å². The summed E-state index contributed by atoms with van der Waals surface area (Å²) in [5.74, 6) is 0.925. The average molecular weight is 348 g/mol. The monoisotopic (exact) mass is 348 g/mol. The molecule has 0 radical (unpaired) electrons. The third-order valence-electron chi connectivity index (χ3n) is 4.91. The SMILES string of the molecule is CCN1N=C(N)c2cn(C3(C)O[C@H](CO)[C@@H](O)[C@H]3O)c3ncnc1c23. The van der Waals surface area contributed by atoms with Gasteiger partial charge in [-0.3, -0.25) is 0 Å². The van der Waals surface area contributed by atoms with Crippen LogP contribution in [-0.4, -0.2) is 67.2 Å². The van der Waals surface area contributed by atoms with Gasteiger partial charge in [-0.1, -0.05) is 0 Å². The summed E-state index contributed by atoms with van der Waals surface area (Å²) in [7, 11) is 0. The molecule has 2 aromatic heterocycles. The molecule has 10 heteroatoms. The first-order valence-electron chi connectivity index (χ1n) is 8.05. The van der Waals surface area contributed by atoms with Crippen LogP contribution in [0.4, 0.5) is 5.82 Å². The summed E-state index contributed by atoms with van der Waals surface area (Å²) in [5, 5.41) is 36.8. The number of ether oxygens (including phenoxy) is 1. The van der Waals surface area contributed by atoms with Gasteiger partial charge in [-0.05, 0) is 13.8 Å². The summed E-state index contributed by atoms with van der Waals surface area (Å²) in [6, 6.07) is 0. The van der Waals surface area contributed by atoms with E-state index in [0.717, 1.165) is 0 Å². The van der Waals surface area contributed by atoms with Gasteiger partial charge >= 0.3 is 0 Å². The first kappa shape index (κ1) is 16.2. The topological polar surface area (TPSA) is 142 Å². The van der Waals surface area contributed by atoms with E-state index in [1.807, 2.05) is 6.92 Å². The fourth-order valence-electron chi connectivity index (χ4n) is 3.54. The highest BCUT2D eigenvalue weighted by Crippen LogP contribution is 2.40. The lowest BCUT2D eigenvalue weighted by Crippen LogP contribution is -2.43. The standard InChI is InChI=1S/C15H20N6O4/c1-3-21-14-9-7(12(16)19-21)4-20(13(9)17-6-18-14)15(2)11(24)10(23)8(5-22)25-15/h4,6,8,10-11,22-24H,3,5H2,1-2H3,(H2,16,19)/t8-,10-,11-,15?/m1/s1. The Labute approximate surface area is 143 Å². The quantitative estimate of drug-likeness (QED) is 0.535. The van der Waals surface area contributed by atoms with Gasteiger partial charge in [0.05, 0.1) is 12.0 Å². The van der Waals surface area contributed by atoms with Gasteiger partial charge in [0.25, 0.3) is 0 Å². The van der Waals surface area contributed by atoms with Gasteiger partial charge in [0.2, 0.25) is 0 Å². The molecule has 2 aliphatic rings. The molecule has 0 saturated carbocycles. The number of nitrogens with two attached hydrogens (primary N) is 1. The molecule has 2 aliphatic heterocycles. The second-order valence-corrected chi connectivity index (χ2v) is 6.34. The number of aliphatic hydroxyl groups excluding tert-OH is 3. The maximum Gasteiger partial charge on any atom is 0.172 e. The molecule has 1 saturated heterocycles. The number of nitrogens with zero attached hydrogens (tertiary/aromatic N) is 5. The molecule has 4 atom stereocenters. The van der Waals surface area contributed by atoms with E-state index in [-0.39, 0.29) is 0 Å². The molecule has 10 nitrogen and oxygen atoms in total. The lowest BCUT2D eigenvalue weighted by atomic mass is 10.0. The fourth-order valence-corrected chi connectivity index (χ4v) is 3.54. The van der Waals surface area contributed by atoms with Gasteiger partial charge in [-0.15, -0.1) is 0 Å². The first-order valence-corrected chi connectivity index (χ1v) is 8.05. The van der Waals surface area contributed by atoms with Crippen LogP contribution in [0.1, 0.15) is 19.4 Å². The van der Waals surface area contributed by atoms with Crippen molar-refractivity contribution < 1.29 is 20.1 Å². The van der Waals surface area contributed by atoms with Crippen molar-refractivity contribution in [3.8, 4) is 0 Å². The van der Waals surface area contributed by atoms with Gasteiger partial charge in [-0.25, -0.2) is 15.0 Å². The van der Waals surface area contributed by atoms with Crippen molar-refractivity contribution in [3.05, 3.63) is 18.1 Å². The molecule has 4 heterocycles. The van der Waals surface area contributed by atoms with Crippen molar-refractivity contribution in [1.29, 1.82) is 0 Å². The normalized spacial score (nSPS) is 31.6. The number of aliphatic hydroxyl groups is 3. The number of hydrogen-bond donors (Lipinski definition) is 4. The number of amidine groups is 1. The largest absolute Gasteiger partial charge is 0.394 e. The summed E-state index contributed by atoms with van der Waals surface area (Å²) in [4.78, 5) is 8.63. The minimum Gasteiger partial charge on any atom is -0.394 e. The Morgan fingerprint density at radius 3 is 2.76 bits per heavy atom. The number of hydrogen-bond acceptors (Lipinski definition) is 9. The summed E-state index contributed by atoms with van der Waals surface area (Å²) in [6.07, 6.45) is -0.286. The second kappa shape index (κ2) is 5.36. The van der Waals surface area contributed by atoms with Crippen molar-refractivity contribution in [2.45, 2.75) is 37.9 Å². The Bertz CT molecular complexity index is 867. The predicted octanol–water partition coefficient (Wildman–Crippen LogP) is -1.32. The molecule has 0 spiro atoms. The Hall–Kier alpha value is -2.27. The second-order valence-electron chi connectivity index (χ2n) is 6.34. The average Bonchev–Trinajstić information content (AvgIpc) is 3.12. The summed E-state index contributed by atoms with van der Waals surface area (Å²) in [5.41, 5.74) is 5.90. The first-order chi connectivity index (χ1) is 11.9. The summed E-state index contributed by atoms with van der Waals surface area (Å²) in [6.45, 7) is 3.73. The zero-order chi connectivity index (χ0) is 17.9. The van der Waals surface area contributed by atoms with Crippen molar-refractivity contribution in [2.24, 2.45) is 10.8 Å². The highest BCUT2D eigenvalue weighted by atomic mass is 16.6. The number of hydrazone groups is 1. The van der Waals surface area contributed by atoms with Gasteiger partial charge < -0.3 is 30.4 Å². The zero-order valence-electron chi connectivity index (χ0n) is 13.9. The molecule has 1 unspecified atom stereocenters. The molecule has 0 amide bonds. The van der Waals surface area contributed by atoms with Gasteiger partial charge in [0, 0.05) is 18.3 Å². The van der Waals surface area contributed by atoms with E-state index < -0.39 is 30.6 Å². The van der Waals surface area contributed by atoms with Crippen molar-refractivity contribution >= 4 is 22.7 Å². The van der Waals surface area contributed by atoms with E-state index in [4.69, 9.17) is 10.5 Å². The van der Waals surface area contributed by atoms with E-state index in [1.165, 1.54) is 6.33 Å². The van der Waals surface area contributed by atoms with Crippen molar-refractivity contribution in [1.82, 2.24) is 14.5 Å². The third-order valence-corrected chi connectivity index (χ3v) is 4.91. The highest BCUT2D eigenvalue weighted by molar-refractivity contribution is 6.14. The molecule has 1 fully saturated rings.